The molecule has 0 bridgehead atoms. The van der Waals surface area contributed by atoms with Crippen LogP contribution in [0.15, 0.2) is 70.4 Å². The molecule has 0 saturated carbocycles. The molecule has 2 heterocycles. The summed E-state index contributed by atoms with van der Waals surface area (Å²) in [5, 5.41) is 3.00. The fourth-order valence-corrected chi connectivity index (χ4v) is 3.95. The van der Waals surface area contributed by atoms with E-state index >= 15 is 0 Å². The number of methoxy groups -OCH3 is 3. The first-order valence-electron chi connectivity index (χ1n) is 11.2. The Labute approximate surface area is 206 Å². The van der Waals surface area contributed by atoms with Crippen molar-refractivity contribution in [3.63, 3.8) is 0 Å². The van der Waals surface area contributed by atoms with Crippen LogP contribution in [0.1, 0.15) is 5.56 Å². The van der Waals surface area contributed by atoms with Crippen LogP contribution in [-0.2, 0) is 24.3 Å². The molecule has 1 N–H and O–H groups in total. The maximum Gasteiger partial charge on any atom is 0.333 e. The number of nitrogens with one attached hydrogen (secondary N) is 1. The highest BCUT2D eigenvalue weighted by molar-refractivity contribution is 5.92. The van der Waals surface area contributed by atoms with Crippen LogP contribution in [0.3, 0.4) is 0 Å². The second kappa shape index (κ2) is 10.8. The van der Waals surface area contributed by atoms with Gasteiger partial charge in [-0.25, -0.2) is 9.78 Å². The molecule has 0 aliphatic carbocycles. The molecule has 1 amide bonds. The van der Waals surface area contributed by atoms with Gasteiger partial charge in [-0.1, -0.05) is 18.2 Å². The van der Waals surface area contributed by atoms with Crippen molar-refractivity contribution < 1.29 is 19.0 Å². The van der Waals surface area contributed by atoms with Crippen LogP contribution in [0.5, 0.6) is 17.2 Å². The molecule has 0 radical (unpaired) electrons. The summed E-state index contributed by atoms with van der Waals surface area (Å²) < 4.78 is 18.2. The van der Waals surface area contributed by atoms with E-state index in [2.05, 4.69) is 10.3 Å². The number of para-hydroxylation sites is 2. The predicted molar refractivity (Wildman–Crippen MR) is 135 cm³/mol. The third-order valence-corrected chi connectivity index (χ3v) is 5.73. The van der Waals surface area contributed by atoms with Crippen molar-refractivity contribution in [2.45, 2.75) is 19.5 Å². The van der Waals surface area contributed by atoms with Crippen molar-refractivity contribution in [3.8, 4) is 17.2 Å². The Hall–Kier alpha value is -4.60. The summed E-state index contributed by atoms with van der Waals surface area (Å²) in [7, 11) is 4.59. The number of anilines is 1. The predicted octanol–water partition coefficient (Wildman–Crippen LogP) is 2.47. The summed E-state index contributed by atoms with van der Waals surface area (Å²) in [6.07, 6.45) is 1.86. The lowest BCUT2D eigenvalue weighted by molar-refractivity contribution is -0.116. The number of pyridine rings is 1. The molecule has 2 aromatic heterocycles. The molecule has 0 fully saturated rings. The van der Waals surface area contributed by atoms with Gasteiger partial charge in [-0.3, -0.25) is 18.7 Å². The van der Waals surface area contributed by atoms with Gasteiger partial charge in [0.25, 0.3) is 5.56 Å². The summed E-state index contributed by atoms with van der Waals surface area (Å²) in [4.78, 5) is 43.6. The topological polar surface area (TPSA) is 114 Å². The Morgan fingerprint density at radius 1 is 0.889 bits per heavy atom. The lowest BCUT2D eigenvalue weighted by Crippen LogP contribution is -2.42. The third-order valence-electron chi connectivity index (χ3n) is 5.73. The average Bonchev–Trinajstić information content (AvgIpc) is 2.91. The number of aromatic nitrogens is 3. The summed E-state index contributed by atoms with van der Waals surface area (Å²) >= 11 is 0. The number of benzene rings is 2. The number of amides is 1. The van der Waals surface area contributed by atoms with Crippen LogP contribution in [0, 0.1) is 0 Å². The van der Waals surface area contributed by atoms with E-state index in [0.717, 1.165) is 10.1 Å². The van der Waals surface area contributed by atoms with E-state index in [1.165, 1.54) is 25.0 Å². The zero-order valence-corrected chi connectivity index (χ0v) is 20.2. The van der Waals surface area contributed by atoms with Gasteiger partial charge < -0.3 is 19.5 Å². The molecule has 2 aromatic carbocycles. The van der Waals surface area contributed by atoms with Gasteiger partial charge >= 0.3 is 5.69 Å². The van der Waals surface area contributed by atoms with Crippen LogP contribution in [-0.4, -0.2) is 41.4 Å². The van der Waals surface area contributed by atoms with E-state index in [0.29, 0.717) is 29.4 Å². The maximum atomic E-state index is 13.4. The summed E-state index contributed by atoms with van der Waals surface area (Å²) in [6, 6.07) is 15.6. The summed E-state index contributed by atoms with van der Waals surface area (Å²) in [6.45, 7) is -0.229. The second-order valence-corrected chi connectivity index (χ2v) is 7.89. The van der Waals surface area contributed by atoms with Crippen LogP contribution in [0.4, 0.5) is 5.69 Å². The van der Waals surface area contributed by atoms with Gasteiger partial charge in [-0.05, 0) is 48.4 Å². The number of rotatable bonds is 9. The summed E-state index contributed by atoms with van der Waals surface area (Å²) in [5.41, 5.74) is 0.375. The van der Waals surface area contributed by atoms with Gasteiger partial charge in [-0.2, -0.15) is 0 Å². The Morgan fingerprint density at radius 3 is 2.39 bits per heavy atom. The van der Waals surface area contributed by atoms with Gasteiger partial charge in [0.05, 0.1) is 32.4 Å². The van der Waals surface area contributed by atoms with Crippen LogP contribution >= 0.6 is 0 Å². The molecule has 0 atom stereocenters. The van der Waals surface area contributed by atoms with E-state index in [4.69, 9.17) is 14.2 Å². The number of nitrogens with zero attached hydrogens (tertiary/aromatic N) is 3. The maximum absolute atomic E-state index is 13.4. The fraction of sp³-hybridized carbons (Fsp3) is 0.231. The molecular weight excluding hydrogens is 464 g/mol. The molecule has 0 saturated heterocycles. The largest absolute Gasteiger partial charge is 0.495 e. The molecule has 186 valence electrons. The number of fused-ring (bicyclic) bond motifs is 1. The highest BCUT2D eigenvalue weighted by atomic mass is 16.5. The van der Waals surface area contributed by atoms with E-state index in [9.17, 15) is 14.4 Å². The molecule has 4 aromatic rings. The van der Waals surface area contributed by atoms with E-state index in [1.54, 1.807) is 55.6 Å². The molecule has 0 unspecified atom stereocenters. The number of carbonyl (C=O) groups excluding carboxylic acids is 1. The highest BCUT2D eigenvalue weighted by Gasteiger charge is 2.17. The fourth-order valence-electron chi connectivity index (χ4n) is 3.95. The van der Waals surface area contributed by atoms with Gasteiger partial charge in [0.1, 0.15) is 17.9 Å². The van der Waals surface area contributed by atoms with E-state index in [1.807, 2.05) is 6.07 Å². The first-order valence-corrected chi connectivity index (χ1v) is 11.2. The zero-order chi connectivity index (χ0) is 25.7. The first-order chi connectivity index (χ1) is 17.5. The minimum atomic E-state index is -0.623. The number of carbonyl (C=O) groups is 1. The molecular formula is C26H26N4O6. The van der Waals surface area contributed by atoms with Gasteiger partial charge in [0.15, 0.2) is 11.5 Å². The number of hydrogen-bond acceptors (Lipinski definition) is 7. The second-order valence-electron chi connectivity index (χ2n) is 7.89. The molecule has 10 nitrogen and oxygen atoms in total. The SMILES string of the molecule is COc1ccccc1NC(=O)Cn1c(=O)n(CCc2ccc(OC)c(OC)c2)c(=O)c2cccnc21. The molecule has 0 spiro atoms. The molecule has 36 heavy (non-hydrogen) atoms. The average molecular weight is 491 g/mol. The first kappa shape index (κ1) is 24.5. The minimum absolute atomic E-state index is 0.103. The summed E-state index contributed by atoms with van der Waals surface area (Å²) in [5.74, 6) is 1.16. The van der Waals surface area contributed by atoms with Gasteiger partial charge in [0, 0.05) is 12.7 Å². The van der Waals surface area contributed by atoms with Crippen molar-refractivity contribution in [1.29, 1.82) is 0 Å². The molecule has 0 aliphatic heterocycles. The monoisotopic (exact) mass is 490 g/mol. The van der Waals surface area contributed by atoms with Crippen molar-refractivity contribution in [1.82, 2.24) is 14.1 Å². The van der Waals surface area contributed by atoms with Crippen LogP contribution < -0.4 is 30.8 Å². The van der Waals surface area contributed by atoms with E-state index in [-0.39, 0.29) is 24.1 Å². The highest BCUT2D eigenvalue weighted by Crippen LogP contribution is 2.27. The molecule has 10 heteroatoms. The quantitative estimate of drug-likeness (QED) is 0.383. The standard InChI is InChI=1S/C26H26N4O6/c1-34-20-9-5-4-8-19(20)28-23(31)16-30-24-18(7-6-13-27-24)25(32)29(26(30)33)14-12-17-10-11-21(35-2)22(15-17)36-3/h4-11,13,15H,12,14,16H2,1-3H3,(H,28,31). The smallest absolute Gasteiger partial charge is 0.333 e. The Kier molecular flexibility index (Phi) is 7.33. The van der Waals surface area contributed by atoms with Crippen molar-refractivity contribution >= 4 is 22.6 Å². The number of hydrogen-bond donors (Lipinski definition) is 1. The van der Waals surface area contributed by atoms with Crippen LogP contribution in [0.2, 0.25) is 0 Å². The van der Waals surface area contributed by atoms with Crippen molar-refractivity contribution in [3.05, 3.63) is 87.2 Å². The number of ether oxygens (including phenoxy) is 3. The van der Waals surface area contributed by atoms with E-state index < -0.39 is 17.2 Å². The Bertz CT molecular complexity index is 1530. The van der Waals surface area contributed by atoms with Gasteiger partial charge in [-0.15, -0.1) is 0 Å². The minimum Gasteiger partial charge on any atom is -0.495 e. The molecule has 0 aliphatic rings. The Morgan fingerprint density at radius 2 is 1.64 bits per heavy atom. The lowest BCUT2D eigenvalue weighted by atomic mass is 10.1. The lowest BCUT2D eigenvalue weighted by Gasteiger charge is -2.15. The number of aryl methyl sites for hydroxylation is 1. The zero-order valence-electron chi connectivity index (χ0n) is 20.2. The van der Waals surface area contributed by atoms with Crippen molar-refractivity contribution in [2.75, 3.05) is 26.6 Å². The Balaban J connectivity index is 1.67. The van der Waals surface area contributed by atoms with Gasteiger partial charge in [0.2, 0.25) is 5.91 Å². The van der Waals surface area contributed by atoms with Crippen LogP contribution in [0.25, 0.3) is 11.0 Å². The molecule has 4 rings (SSSR count). The normalized spacial score (nSPS) is 10.8. The van der Waals surface area contributed by atoms with Crippen molar-refractivity contribution in [2.24, 2.45) is 0 Å². The third kappa shape index (κ3) is 4.92.